The van der Waals surface area contributed by atoms with Crippen molar-refractivity contribution in [3.05, 3.63) is 0 Å². The lowest BCUT2D eigenvalue weighted by Gasteiger charge is -2.38. The van der Waals surface area contributed by atoms with E-state index in [4.69, 9.17) is 14.9 Å². The van der Waals surface area contributed by atoms with Crippen LogP contribution in [0.1, 0.15) is 19.8 Å². The molecule has 4 N–H and O–H groups in total. The molecule has 5 atom stereocenters. The molecule has 15 heavy (non-hydrogen) atoms. The molecule has 1 aliphatic heterocycles. The number of hydrogen-bond acceptors (Lipinski definition) is 6. The minimum absolute atomic E-state index is 0.0848. The van der Waals surface area contributed by atoms with Gasteiger partial charge in [-0.3, -0.25) is 4.79 Å². The standard InChI is InChI=1S/C9H16O6/c1-2-4(10)3-5-6(11)7(12)8(13)9(14)15-5/h5-9,11-14H,2-3H2,1H3. The number of rotatable bonds is 3. The van der Waals surface area contributed by atoms with Crippen molar-refractivity contribution in [3.8, 4) is 0 Å². The molecule has 0 amide bonds. The Hall–Kier alpha value is -0.530. The second-order valence-electron chi connectivity index (χ2n) is 3.63. The van der Waals surface area contributed by atoms with E-state index in [0.29, 0.717) is 6.42 Å². The summed E-state index contributed by atoms with van der Waals surface area (Å²) in [4.78, 5) is 11.1. The summed E-state index contributed by atoms with van der Waals surface area (Å²) in [5, 5.41) is 37.1. The van der Waals surface area contributed by atoms with E-state index in [1.165, 1.54) is 0 Å². The third kappa shape index (κ3) is 2.73. The third-order valence-electron chi connectivity index (χ3n) is 2.51. The molecule has 1 fully saturated rings. The first-order valence-corrected chi connectivity index (χ1v) is 4.86. The Morgan fingerprint density at radius 3 is 2.27 bits per heavy atom. The Morgan fingerprint density at radius 2 is 1.73 bits per heavy atom. The molecular weight excluding hydrogens is 204 g/mol. The second-order valence-corrected chi connectivity index (χ2v) is 3.63. The summed E-state index contributed by atoms with van der Waals surface area (Å²) in [5.41, 5.74) is 0. The molecule has 1 heterocycles. The van der Waals surface area contributed by atoms with Crippen molar-refractivity contribution in [2.24, 2.45) is 0 Å². The molecule has 6 nitrogen and oxygen atoms in total. The van der Waals surface area contributed by atoms with Gasteiger partial charge in [0.2, 0.25) is 0 Å². The highest BCUT2D eigenvalue weighted by Crippen LogP contribution is 2.22. The number of ether oxygens (including phenoxy) is 1. The molecule has 5 unspecified atom stereocenters. The Morgan fingerprint density at radius 1 is 1.13 bits per heavy atom. The Labute approximate surface area is 87.1 Å². The van der Waals surface area contributed by atoms with Crippen LogP contribution < -0.4 is 0 Å². The van der Waals surface area contributed by atoms with Gasteiger partial charge in [0.25, 0.3) is 0 Å². The predicted molar refractivity (Wildman–Crippen MR) is 48.8 cm³/mol. The lowest BCUT2D eigenvalue weighted by atomic mass is 9.95. The second kappa shape index (κ2) is 5.00. The summed E-state index contributed by atoms with van der Waals surface area (Å²) in [6.07, 6.45) is -6.74. The maximum atomic E-state index is 11.1. The number of carbonyl (C=O) groups excluding carboxylic acids is 1. The maximum Gasteiger partial charge on any atom is 0.183 e. The van der Waals surface area contributed by atoms with E-state index < -0.39 is 30.7 Å². The van der Waals surface area contributed by atoms with E-state index in [1.54, 1.807) is 6.92 Å². The molecule has 6 heteroatoms. The lowest BCUT2D eigenvalue weighted by molar-refractivity contribution is -0.281. The van der Waals surface area contributed by atoms with Gasteiger partial charge >= 0.3 is 0 Å². The third-order valence-corrected chi connectivity index (χ3v) is 2.51. The molecule has 88 valence electrons. The zero-order valence-electron chi connectivity index (χ0n) is 8.41. The molecule has 0 bridgehead atoms. The predicted octanol–water partition coefficient (Wildman–Crippen LogP) is -1.84. The number of hydrogen-bond donors (Lipinski definition) is 4. The van der Waals surface area contributed by atoms with E-state index in [9.17, 15) is 15.0 Å². The van der Waals surface area contributed by atoms with Gasteiger partial charge in [-0.2, -0.15) is 0 Å². The molecular formula is C9H16O6. The van der Waals surface area contributed by atoms with E-state index in [0.717, 1.165) is 0 Å². The SMILES string of the molecule is CCC(=O)CC1OC(O)C(O)C(O)C1O. The summed E-state index contributed by atoms with van der Waals surface area (Å²) >= 11 is 0. The quantitative estimate of drug-likeness (QED) is 0.445. The molecule has 0 aromatic rings. The molecule has 0 aliphatic carbocycles. The molecule has 1 saturated heterocycles. The summed E-state index contributed by atoms with van der Waals surface area (Å²) in [7, 11) is 0. The van der Waals surface area contributed by atoms with Gasteiger partial charge in [0.1, 0.15) is 24.1 Å². The fraction of sp³-hybridized carbons (Fsp3) is 0.889. The number of aliphatic hydroxyl groups is 4. The van der Waals surface area contributed by atoms with Crippen LogP contribution in [0, 0.1) is 0 Å². The summed E-state index contributed by atoms with van der Waals surface area (Å²) in [6.45, 7) is 1.67. The van der Waals surface area contributed by atoms with Crippen LogP contribution in [0.25, 0.3) is 0 Å². The highest BCUT2D eigenvalue weighted by Gasteiger charge is 2.43. The lowest BCUT2D eigenvalue weighted by Crippen LogP contribution is -2.57. The van der Waals surface area contributed by atoms with E-state index in [1.807, 2.05) is 0 Å². The number of aliphatic hydroxyl groups excluding tert-OH is 4. The van der Waals surface area contributed by atoms with Crippen LogP contribution in [0.15, 0.2) is 0 Å². The van der Waals surface area contributed by atoms with Crippen LogP contribution in [0.5, 0.6) is 0 Å². The maximum absolute atomic E-state index is 11.1. The van der Waals surface area contributed by atoms with Crippen LogP contribution in [0.2, 0.25) is 0 Å². The zero-order chi connectivity index (χ0) is 11.6. The van der Waals surface area contributed by atoms with Crippen molar-refractivity contribution in [2.75, 3.05) is 0 Å². The topological polar surface area (TPSA) is 107 Å². The van der Waals surface area contributed by atoms with Crippen molar-refractivity contribution >= 4 is 5.78 Å². The van der Waals surface area contributed by atoms with Crippen LogP contribution in [0.3, 0.4) is 0 Å². The first-order valence-electron chi connectivity index (χ1n) is 4.86. The molecule has 1 rings (SSSR count). The Kier molecular flexibility index (Phi) is 4.18. The Bertz CT molecular complexity index is 231. The average molecular weight is 220 g/mol. The van der Waals surface area contributed by atoms with Gasteiger partial charge in [-0.05, 0) is 0 Å². The average Bonchev–Trinajstić information content (AvgIpc) is 2.22. The molecule has 0 radical (unpaired) electrons. The highest BCUT2D eigenvalue weighted by atomic mass is 16.6. The fourth-order valence-electron chi connectivity index (χ4n) is 1.47. The number of Topliss-reactive ketones (excluding diaryl/α,β-unsaturated/α-hetero) is 1. The van der Waals surface area contributed by atoms with E-state index in [-0.39, 0.29) is 12.2 Å². The fourth-order valence-corrected chi connectivity index (χ4v) is 1.47. The highest BCUT2D eigenvalue weighted by molar-refractivity contribution is 5.78. The minimum Gasteiger partial charge on any atom is -0.388 e. The molecule has 0 aromatic heterocycles. The molecule has 0 saturated carbocycles. The summed E-state index contributed by atoms with van der Waals surface area (Å²) < 4.78 is 4.83. The van der Waals surface area contributed by atoms with Crippen molar-refractivity contribution in [1.82, 2.24) is 0 Å². The van der Waals surface area contributed by atoms with Gasteiger partial charge < -0.3 is 25.2 Å². The molecule has 1 aliphatic rings. The van der Waals surface area contributed by atoms with Crippen LogP contribution in [0.4, 0.5) is 0 Å². The largest absolute Gasteiger partial charge is 0.388 e. The van der Waals surface area contributed by atoms with Gasteiger partial charge in [0, 0.05) is 12.8 Å². The van der Waals surface area contributed by atoms with Crippen molar-refractivity contribution in [1.29, 1.82) is 0 Å². The normalized spacial score (nSPS) is 41.5. The molecule has 0 spiro atoms. The minimum atomic E-state index is -1.57. The van der Waals surface area contributed by atoms with Crippen molar-refractivity contribution in [3.63, 3.8) is 0 Å². The van der Waals surface area contributed by atoms with Crippen LogP contribution in [-0.2, 0) is 9.53 Å². The van der Waals surface area contributed by atoms with E-state index >= 15 is 0 Å². The number of ketones is 1. The molecule has 0 aromatic carbocycles. The van der Waals surface area contributed by atoms with Gasteiger partial charge in [0.15, 0.2) is 6.29 Å². The Balaban J connectivity index is 2.62. The van der Waals surface area contributed by atoms with Gasteiger partial charge in [-0.15, -0.1) is 0 Å². The van der Waals surface area contributed by atoms with E-state index in [2.05, 4.69) is 0 Å². The zero-order valence-corrected chi connectivity index (χ0v) is 8.41. The monoisotopic (exact) mass is 220 g/mol. The van der Waals surface area contributed by atoms with Gasteiger partial charge in [-0.1, -0.05) is 6.92 Å². The van der Waals surface area contributed by atoms with Gasteiger partial charge in [0.05, 0.1) is 6.10 Å². The van der Waals surface area contributed by atoms with Crippen molar-refractivity contribution in [2.45, 2.75) is 50.5 Å². The smallest absolute Gasteiger partial charge is 0.183 e. The van der Waals surface area contributed by atoms with Crippen molar-refractivity contribution < 1.29 is 30.0 Å². The summed E-state index contributed by atoms with van der Waals surface area (Å²) in [6, 6.07) is 0. The van der Waals surface area contributed by atoms with Crippen LogP contribution in [-0.4, -0.2) is 56.9 Å². The first kappa shape index (κ1) is 12.5. The number of carbonyl (C=O) groups is 1. The van der Waals surface area contributed by atoms with Crippen LogP contribution >= 0.6 is 0 Å². The first-order chi connectivity index (χ1) is 6.97. The summed E-state index contributed by atoms with van der Waals surface area (Å²) in [5.74, 6) is -0.144. The van der Waals surface area contributed by atoms with Gasteiger partial charge in [-0.25, -0.2) is 0 Å².